The number of phenols is 1. The Kier molecular flexibility index (Phi) is 6.90. The molecule has 2 heterocycles. The van der Waals surface area contributed by atoms with Crippen LogP contribution < -0.4 is 4.90 Å². The molecule has 4 atom stereocenters. The van der Waals surface area contributed by atoms with Crippen LogP contribution in [0.2, 0.25) is 5.02 Å². The lowest BCUT2D eigenvalue weighted by molar-refractivity contribution is -0.123. The average molecular weight is 672 g/mol. The fourth-order valence-electron chi connectivity index (χ4n) is 6.71. The number of para-hydroxylation sites is 1. The van der Waals surface area contributed by atoms with E-state index in [1.165, 1.54) is 17.0 Å². The number of hydrogen-bond donors (Lipinski definition) is 1. The molecule has 8 nitrogen and oxygen atoms in total. The number of aromatic hydroxyl groups is 1. The summed E-state index contributed by atoms with van der Waals surface area (Å²) in [6.07, 6.45) is 4.98. The second-order valence-electron chi connectivity index (χ2n) is 11.3. The van der Waals surface area contributed by atoms with Crippen LogP contribution in [0.4, 0.5) is 5.69 Å². The van der Waals surface area contributed by atoms with Gasteiger partial charge in [-0.25, -0.2) is 9.78 Å². The van der Waals surface area contributed by atoms with Gasteiger partial charge in [-0.15, -0.1) is 0 Å². The lowest BCUT2D eigenvalue weighted by Gasteiger charge is -2.18. The number of rotatable bonds is 6. The first-order valence-electron chi connectivity index (χ1n) is 14.1. The van der Waals surface area contributed by atoms with Crippen LogP contribution in [0.15, 0.2) is 77.3 Å². The van der Waals surface area contributed by atoms with Crippen molar-refractivity contribution in [3.8, 4) is 17.0 Å². The number of imide groups is 1. The zero-order valence-corrected chi connectivity index (χ0v) is 25.6. The number of aryl methyl sites for hydroxylation is 1. The highest BCUT2D eigenvalue weighted by molar-refractivity contribution is 9.10. The van der Waals surface area contributed by atoms with Crippen molar-refractivity contribution >= 4 is 67.7 Å². The number of pyridine rings is 1. The summed E-state index contributed by atoms with van der Waals surface area (Å²) in [6.45, 7) is 1.21. The van der Waals surface area contributed by atoms with Crippen LogP contribution in [-0.2, 0) is 14.3 Å². The molecule has 2 fully saturated rings. The summed E-state index contributed by atoms with van der Waals surface area (Å²) in [5, 5.41) is 10.9. The normalized spacial score (nSPS) is 21.8. The number of nitrogens with zero attached hydrogens (tertiary/aromatic N) is 2. The number of ketones is 1. The fraction of sp³-hybridized carbons (Fsp3) is 0.206. The topological polar surface area (TPSA) is 114 Å². The summed E-state index contributed by atoms with van der Waals surface area (Å²) >= 11 is 9.95. The van der Waals surface area contributed by atoms with E-state index in [0.717, 1.165) is 6.42 Å². The lowest BCUT2D eigenvalue weighted by Crippen LogP contribution is -2.32. The van der Waals surface area contributed by atoms with Crippen molar-refractivity contribution < 1.29 is 29.0 Å². The molecule has 3 aromatic carbocycles. The zero-order chi connectivity index (χ0) is 30.9. The highest BCUT2D eigenvalue weighted by atomic mass is 79.9. The number of anilines is 1. The number of ether oxygens (including phenoxy) is 1. The summed E-state index contributed by atoms with van der Waals surface area (Å²) < 4.78 is 5.98. The summed E-state index contributed by atoms with van der Waals surface area (Å²) in [6, 6.07) is 16.2. The molecule has 7 rings (SSSR count). The monoisotopic (exact) mass is 670 g/mol. The first-order chi connectivity index (χ1) is 21.1. The van der Waals surface area contributed by atoms with E-state index >= 15 is 0 Å². The number of fused-ring (bicyclic) bond motifs is 6. The molecule has 2 aliphatic carbocycles. The van der Waals surface area contributed by atoms with Crippen LogP contribution in [0.1, 0.15) is 32.7 Å². The standard InChI is InChI=1S/C34H24BrClN2O6/c1-16-30(36)24(35)13-22-23(34(43)44-15-27(40)21-4-2-3-5-26(21)39)14-25(37-31(16)22)17-8-10-20(11-9-17)38-32(41)28-18-6-7-19(12-18)29(28)33(38)42/h2-11,13-14,18-19,28-29,39H,12,15H2,1H3. The molecule has 4 aromatic rings. The third kappa shape index (κ3) is 4.45. The maximum Gasteiger partial charge on any atom is 0.339 e. The van der Waals surface area contributed by atoms with Crippen molar-refractivity contribution in [2.24, 2.45) is 23.7 Å². The minimum atomic E-state index is -0.754. The van der Waals surface area contributed by atoms with Gasteiger partial charge in [-0.3, -0.25) is 19.3 Å². The number of allylic oxidation sites excluding steroid dienone is 2. The van der Waals surface area contributed by atoms with Crippen molar-refractivity contribution in [1.29, 1.82) is 0 Å². The van der Waals surface area contributed by atoms with Gasteiger partial charge in [0.05, 0.1) is 44.9 Å². The van der Waals surface area contributed by atoms with Crippen LogP contribution in [0.25, 0.3) is 22.2 Å². The number of amides is 2. The number of halogens is 2. The Morgan fingerprint density at radius 3 is 2.32 bits per heavy atom. The van der Waals surface area contributed by atoms with Crippen molar-refractivity contribution in [2.45, 2.75) is 13.3 Å². The number of hydrogen-bond acceptors (Lipinski definition) is 7. The smallest absolute Gasteiger partial charge is 0.339 e. The van der Waals surface area contributed by atoms with E-state index in [-0.39, 0.29) is 52.4 Å². The molecule has 1 aromatic heterocycles. The van der Waals surface area contributed by atoms with Gasteiger partial charge >= 0.3 is 5.97 Å². The lowest BCUT2D eigenvalue weighted by atomic mass is 9.85. The number of phenolic OH excluding ortho intramolecular Hbond substituents is 1. The van der Waals surface area contributed by atoms with Gasteiger partial charge in [-0.2, -0.15) is 0 Å². The quantitative estimate of drug-likeness (QED) is 0.105. The van der Waals surface area contributed by atoms with Gasteiger partial charge < -0.3 is 9.84 Å². The van der Waals surface area contributed by atoms with Gasteiger partial charge in [0, 0.05) is 15.4 Å². The molecular weight excluding hydrogens is 648 g/mol. The van der Waals surface area contributed by atoms with Crippen LogP contribution in [0.5, 0.6) is 5.75 Å². The summed E-state index contributed by atoms with van der Waals surface area (Å²) in [4.78, 5) is 58.7. The summed E-state index contributed by atoms with van der Waals surface area (Å²) in [7, 11) is 0. The largest absolute Gasteiger partial charge is 0.507 e. The number of carbonyl (C=O) groups excluding carboxylic acids is 4. The molecule has 1 saturated heterocycles. The Morgan fingerprint density at radius 2 is 1.66 bits per heavy atom. The average Bonchev–Trinajstić information content (AvgIpc) is 3.72. The van der Waals surface area contributed by atoms with Crippen LogP contribution in [0.3, 0.4) is 0 Å². The molecule has 10 heteroatoms. The van der Waals surface area contributed by atoms with Crippen molar-refractivity contribution in [1.82, 2.24) is 4.98 Å². The summed E-state index contributed by atoms with van der Waals surface area (Å²) in [5.41, 5.74) is 2.88. The third-order valence-corrected chi connectivity index (χ3v) is 10.2. The van der Waals surface area contributed by atoms with Crippen molar-refractivity contribution in [3.05, 3.63) is 99.0 Å². The van der Waals surface area contributed by atoms with Crippen molar-refractivity contribution in [3.63, 3.8) is 0 Å². The molecule has 3 aliphatic rings. The Balaban J connectivity index is 1.21. The first kappa shape index (κ1) is 28.4. The SMILES string of the molecule is Cc1c(Cl)c(Br)cc2c(C(=O)OCC(=O)c3ccccc3O)cc(-c3ccc(N4C(=O)C5C6C=CC(C6)C5C4=O)cc3)nc12. The predicted octanol–water partition coefficient (Wildman–Crippen LogP) is 6.68. The zero-order valence-electron chi connectivity index (χ0n) is 23.3. The Labute approximate surface area is 265 Å². The summed E-state index contributed by atoms with van der Waals surface area (Å²) in [5.74, 6) is -2.17. The predicted molar refractivity (Wildman–Crippen MR) is 168 cm³/mol. The van der Waals surface area contributed by atoms with Gasteiger partial charge in [0.1, 0.15) is 5.75 Å². The second kappa shape index (κ2) is 10.7. The molecule has 220 valence electrons. The number of aromatic nitrogens is 1. The number of esters is 1. The number of Topliss-reactive ketones (excluding diaryl/α,β-unsaturated/α-hetero) is 1. The molecule has 44 heavy (non-hydrogen) atoms. The number of carbonyl (C=O) groups is 4. The van der Waals surface area contributed by atoms with Crippen LogP contribution in [-0.4, -0.2) is 40.3 Å². The Morgan fingerprint density at radius 1 is 1.00 bits per heavy atom. The number of benzene rings is 3. The third-order valence-electron chi connectivity index (χ3n) is 8.87. The minimum absolute atomic E-state index is 0.0496. The molecule has 2 bridgehead atoms. The fourth-order valence-corrected chi connectivity index (χ4v) is 7.38. The van der Waals surface area contributed by atoms with Gasteiger partial charge in [0.2, 0.25) is 17.6 Å². The molecule has 1 N–H and O–H groups in total. The van der Waals surface area contributed by atoms with E-state index in [1.54, 1.807) is 55.5 Å². The minimum Gasteiger partial charge on any atom is -0.507 e. The molecule has 0 radical (unpaired) electrons. The molecule has 1 saturated carbocycles. The maximum absolute atomic E-state index is 13.4. The van der Waals surface area contributed by atoms with Gasteiger partial charge in [0.15, 0.2) is 6.61 Å². The van der Waals surface area contributed by atoms with Gasteiger partial charge in [-0.1, -0.05) is 48.0 Å². The maximum atomic E-state index is 13.4. The molecule has 4 unspecified atom stereocenters. The van der Waals surface area contributed by atoms with Crippen molar-refractivity contribution in [2.75, 3.05) is 11.5 Å². The van der Waals surface area contributed by atoms with E-state index in [2.05, 4.69) is 28.1 Å². The molecular formula is C34H24BrClN2O6. The van der Waals surface area contributed by atoms with E-state index in [1.807, 2.05) is 0 Å². The van der Waals surface area contributed by atoms with Gasteiger partial charge in [0.25, 0.3) is 0 Å². The van der Waals surface area contributed by atoms with Crippen LogP contribution in [0, 0.1) is 30.6 Å². The first-order valence-corrected chi connectivity index (χ1v) is 15.3. The second-order valence-corrected chi connectivity index (χ2v) is 12.6. The molecule has 1 aliphatic heterocycles. The highest BCUT2D eigenvalue weighted by Crippen LogP contribution is 2.53. The van der Waals surface area contributed by atoms with E-state index < -0.39 is 18.4 Å². The van der Waals surface area contributed by atoms with Crippen LogP contribution >= 0.6 is 27.5 Å². The Bertz CT molecular complexity index is 1930. The van der Waals surface area contributed by atoms with E-state index in [9.17, 15) is 24.3 Å². The molecule has 2 amide bonds. The van der Waals surface area contributed by atoms with E-state index in [0.29, 0.717) is 42.9 Å². The van der Waals surface area contributed by atoms with Gasteiger partial charge in [-0.05, 0) is 83.1 Å². The Hall–Kier alpha value is -4.34. The van der Waals surface area contributed by atoms with E-state index in [4.69, 9.17) is 21.3 Å². The molecule has 0 spiro atoms. The highest BCUT2D eigenvalue weighted by Gasteiger charge is 2.59.